The SMILES string of the molecule is COc1cc(C(=O)N2CC[C@@H](OC)[C@@H](N)C2)cc2nc(-c3cc4ccc5nc4n3CCCC(F)(F)C[C@H]3C[C@H]3C(=O)N[C@@H]5C)n(C)c12. The average Bonchev–Trinajstić information content (AvgIpc) is 3.60. The van der Waals surface area contributed by atoms with Gasteiger partial charge in [0.15, 0.2) is 5.82 Å². The van der Waals surface area contributed by atoms with Gasteiger partial charge in [-0.15, -0.1) is 0 Å². The molecule has 3 aromatic heterocycles. The van der Waals surface area contributed by atoms with E-state index in [1.165, 1.54) is 0 Å². The van der Waals surface area contributed by atoms with Crippen LogP contribution >= 0.6 is 0 Å². The first kappa shape index (κ1) is 31.5. The molecule has 2 amide bonds. The van der Waals surface area contributed by atoms with Gasteiger partial charge in [0.25, 0.3) is 5.91 Å². The van der Waals surface area contributed by atoms with Gasteiger partial charge in [0.1, 0.15) is 16.9 Å². The van der Waals surface area contributed by atoms with E-state index in [-0.39, 0.29) is 61.1 Å². The number of methoxy groups -OCH3 is 2. The Morgan fingerprint density at radius 3 is 2.70 bits per heavy atom. The number of piperidine rings is 1. The van der Waals surface area contributed by atoms with Gasteiger partial charge in [-0.3, -0.25) is 9.59 Å². The number of nitrogens with one attached hydrogen (secondary N) is 1. The van der Waals surface area contributed by atoms with Gasteiger partial charge in [0.2, 0.25) is 11.8 Å². The second-order valence-corrected chi connectivity index (χ2v) is 13.3. The van der Waals surface area contributed by atoms with Crippen molar-refractivity contribution < 1.29 is 27.8 Å². The molecule has 5 atom stereocenters. The lowest BCUT2D eigenvalue weighted by molar-refractivity contribution is -0.123. The van der Waals surface area contributed by atoms with Crippen LogP contribution in [0.25, 0.3) is 33.6 Å². The van der Waals surface area contributed by atoms with E-state index in [2.05, 4.69) is 5.32 Å². The molecule has 3 aliphatic rings. The molecule has 1 saturated heterocycles. The topological polar surface area (TPSA) is 130 Å². The summed E-state index contributed by atoms with van der Waals surface area (Å²) in [5.74, 6) is -2.81. The van der Waals surface area contributed by atoms with Crippen LogP contribution in [0.1, 0.15) is 61.1 Å². The summed E-state index contributed by atoms with van der Waals surface area (Å²) in [5.41, 5.74) is 10.0. The number of imidazole rings is 1. The minimum absolute atomic E-state index is 0.0951. The summed E-state index contributed by atoms with van der Waals surface area (Å²) in [6, 6.07) is 8.61. The number of hydrogen-bond donors (Lipinski definition) is 2. The summed E-state index contributed by atoms with van der Waals surface area (Å²) in [6.07, 6.45) is 0.701. The fraction of sp³-hybridized carbons (Fsp3) is 0.529. The zero-order chi connectivity index (χ0) is 33.2. The lowest BCUT2D eigenvalue weighted by Gasteiger charge is -2.36. The molecule has 2 bridgehead atoms. The minimum atomic E-state index is -2.87. The number of fused-ring (bicyclic) bond motifs is 3. The molecule has 5 heterocycles. The van der Waals surface area contributed by atoms with E-state index in [9.17, 15) is 9.59 Å². The first-order chi connectivity index (χ1) is 22.5. The number of carbonyl (C=O) groups is 2. The number of rotatable bonds is 4. The highest BCUT2D eigenvalue weighted by Crippen LogP contribution is 2.47. The van der Waals surface area contributed by atoms with E-state index in [0.29, 0.717) is 77.7 Å². The van der Waals surface area contributed by atoms with Crippen LogP contribution in [0.4, 0.5) is 8.78 Å². The van der Waals surface area contributed by atoms with Crippen LogP contribution in [-0.4, -0.2) is 81.2 Å². The fourth-order valence-corrected chi connectivity index (χ4v) is 7.40. The number of carbonyl (C=O) groups excluding carboxylic acids is 2. The van der Waals surface area contributed by atoms with Crippen LogP contribution in [0.5, 0.6) is 5.75 Å². The van der Waals surface area contributed by atoms with Crippen LogP contribution in [0.3, 0.4) is 0 Å². The van der Waals surface area contributed by atoms with Gasteiger partial charge in [0.05, 0.1) is 36.2 Å². The van der Waals surface area contributed by atoms with Gasteiger partial charge in [-0.2, -0.15) is 0 Å². The molecular weight excluding hydrogens is 608 g/mol. The molecule has 4 aromatic rings. The molecule has 2 fully saturated rings. The maximum atomic E-state index is 15.1. The average molecular weight is 650 g/mol. The van der Waals surface area contributed by atoms with E-state index in [0.717, 1.165) is 5.39 Å². The lowest BCUT2D eigenvalue weighted by Crippen LogP contribution is -2.53. The van der Waals surface area contributed by atoms with Crippen LogP contribution < -0.4 is 15.8 Å². The summed E-state index contributed by atoms with van der Waals surface area (Å²) >= 11 is 0. The summed E-state index contributed by atoms with van der Waals surface area (Å²) in [7, 11) is 5.05. The van der Waals surface area contributed by atoms with Gasteiger partial charge in [-0.25, -0.2) is 18.7 Å². The van der Waals surface area contributed by atoms with Crippen molar-refractivity contribution in [3.63, 3.8) is 0 Å². The van der Waals surface area contributed by atoms with Crippen molar-refractivity contribution in [1.82, 2.24) is 29.3 Å². The Morgan fingerprint density at radius 2 is 1.96 bits per heavy atom. The number of ether oxygens (including phenoxy) is 2. The van der Waals surface area contributed by atoms with Crippen molar-refractivity contribution in [2.75, 3.05) is 27.3 Å². The van der Waals surface area contributed by atoms with E-state index in [1.807, 2.05) is 41.3 Å². The van der Waals surface area contributed by atoms with Gasteiger partial charge >= 0.3 is 0 Å². The Kier molecular flexibility index (Phi) is 7.94. The van der Waals surface area contributed by atoms with E-state index in [1.54, 1.807) is 31.3 Å². The molecule has 0 radical (unpaired) electrons. The zero-order valence-electron chi connectivity index (χ0n) is 27.1. The molecule has 7 rings (SSSR count). The van der Waals surface area contributed by atoms with Crippen molar-refractivity contribution in [1.29, 1.82) is 0 Å². The number of aryl methyl sites for hydroxylation is 2. The summed E-state index contributed by atoms with van der Waals surface area (Å²) in [6.45, 7) is 3.07. The van der Waals surface area contributed by atoms with Crippen LogP contribution in [0.15, 0.2) is 30.3 Å². The van der Waals surface area contributed by atoms with Crippen molar-refractivity contribution >= 4 is 33.9 Å². The number of nitrogens with zero attached hydrogens (tertiary/aromatic N) is 5. The highest BCUT2D eigenvalue weighted by atomic mass is 19.3. The maximum absolute atomic E-state index is 15.1. The molecule has 0 spiro atoms. The number of likely N-dealkylation sites (tertiary alicyclic amines) is 1. The largest absolute Gasteiger partial charge is 0.494 e. The molecule has 1 saturated carbocycles. The Morgan fingerprint density at radius 1 is 1.15 bits per heavy atom. The number of amides is 2. The summed E-state index contributed by atoms with van der Waals surface area (Å²) < 4.78 is 45.2. The molecule has 13 heteroatoms. The van der Waals surface area contributed by atoms with Crippen molar-refractivity contribution in [2.45, 2.75) is 69.7 Å². The molecule has 47 heavy (non-hydrogen) atoms. The monoisotopic (exact) mass is 649 g/mol. The number of nitrogens with two attached hydrogens (primary N) is 1. The number of alkyl halides is 2. The van der Waals surface area contributed by atoms with Crippen molar-refractivity contribution in [3.8, 4) is 17.3 Å². The van der Waals surface area contributed by atoms with Crippen LogP contribution in [0, 0.1) is 11.8 Å². The first-order valence-corrected chi connectivity index (χ1v) is 16.3. The normalized spacial score (nSPS) is 26.2. The molecule has 0 unspecified atom stereocenters. The lowest BCUT2D eigenvalue weighted by atomic mass is 10.0. The Hall–Kier alpha value is -4.10. The smallest absolute Gasteiger partial charge is 0.254 e. The number of pyridine rings is 1. The van der Waals surface area contributed by atoms with Crippen LogP contribution in [-0.2, 0) is 23.1 Å². The van der Waals surface area contributed by atoms with E-state index in [4.69, 9.17) is 25.2 Å². The third kappa shape index (κ3) is 5.73. The second kappa shape index (κ2) is 11.9. The van der Waals surface area contributed by atoms with Gasteiger partial charge in [0, 0.05) is 69.5 Å². The molecule has 1 aliphatic carbocycles. The van der Waals surface area contributed by atoms with Gasteiger partial charge in [-0.1, -0.05) is 0 Å². The van der Waals surface area contributed by atoms with Crippen molar-refractivity contribution in [2.24, 2.45) is 24.6 Å². The standard InChI is InChI=1S/C34H41F2N7O4/c1-18-24-7-6-19-14-26(43(30(19)39-24)10-5-9-34(35,36)16-21-12-22(21)32(44)38-18)31-40-25-13-20(15-28(47-4)29(25)41(31)2)33(45)42-11-8-27(46-3)23(37)17-42/h6-7,13-15,18,21-23,27H,5,8-12,16-17,37H2,1-4H3,(H,38,44)/t18-,21-,22-,23+,27-/m1/s1. The number of benzene rings is 1. The molecular formula is C34H41F2N7O4. The second-order valence-electron chi connectivity index (χ2n) is 13.3. The molecule has 1 aromatic carbocycles. The van der Waals surface area contributed by atoms with Gasteiger partial charge in [-0.05, 0) is 62.4 Å². The van der Waals surface area contributed by atoms with Gasteiger partial charge < -0.3 is 34.6 Å². The minimum Gasteiger partial charge on any atom is -0.494 e. The summed E-state index contributed by atoms with van der Waals surface area (Å²) in [5, 5.41) is 3.82. The number of hydrogen-bond acceptors (Lipinski definition) is 7. The third-order valence-corrected chi connectivity index (χ3v) is 10.1. The Balaban J connectivity index is 1.29. The molecule has 2 aliphatic heterocycles. The van der Waals surface area contributed by atoms with Crippen LogP contribution in [0.2, 0.25) is 0 Å². The van der Waals surface area contributed by atoms with E-state index < -0.39 is 5.92 Å². The maximum Gasteiger partial charge on any atom is 0.254 e. The Bertz CT molecular complexity index is 1870. The number of aromatic nitrogens is 4. The zero-order valence-corrected chi connectivity index (χ0v) is 27.1. The fourth-order valence-electron chi connectivity index (χ4n) is 7.40. The number of halogens is 2. The third-order valence-electron chi connectivity index (χ3n) is 10.1. The first-order valence-electron chi connectivity index (χ1n) is 16.3. The highest BCUT2D eigenvalue weighted by molar-refractivity contribution is 6.00. The predicted molar refractivity (Wildman–Crippen MR) is 172 cm³/mol. The van der Waals surface area contributed by atoms with E-state index >= 15 is 8.78 Å². The summed E-state index contributed by atoms with van der Waals surface area (Å²) in [4.78, 5) is 38.1. The van der Waals surface area contributed by atoms with Crippen molar-refractivity contribution in [3.05, 3.63) is 41.6 Å². The Labute approximate surface area is 271 Å². The molecule has 11 nitrogen and oxygen atoms in total. The quantitative estimate of drug-likeness (QED) is 0.335. The highest BCUT2D eigenvalue weighted by Gasteiger charge is 2.48. The molecule has 250 valence electrons. The predicted octanol–water partition coefficient (Wildman–Crippen LogP) is 4.42. The molecule has 3 N–H and O–H groups in total.